The summed E-state index contributed by atoms with van der Waals surface area (Å²) >= 11 is 0. The summed E-state index contributed by atoms with van der Waals surface area (Å²) in [5.41, 5.74) is 2.02. The van der Waals surface area contributed by atoms with Crippen LogP contribution in [-0.4, -0.2) is 70.8 Å². The van der Waals surface area contributed by atoms with Gasteiger partial charge in [0, 0.05) is 51.0 Å². The van der Waals surface area contributed by atoms with E-state index in [9.17, 15) is 4.79 Å². The molecule has 3 heterocycles. The van der Waals surface area contributed by atoms with Crippen LogP contribution in [0.1, 0.15) is 11.4 Å². The monoisotopic (exact) mass is 277 g/mol. The third-order valence-electron chi connectivity index (χ3n) is 4.27. The second-order valence-electron chi connectivity index (χ2n) is 5.82. The van der Waals surface area contributed by atoms with E-state index < -0.39 is 0 Å². The molecule has 0 spiro atoms. The van der Waals surface area contributed by atoms with Crippen molar-refractivity contribution in [3.63, 3.8) is 0 Å². The van der Waals surface area contributed by atoms with Gasteiger partial charge in [-0.2, -0.15) is 5.10 Å². The summed E-state index contributed by atoms with van der Waals surface area (Å²) < 4.78 is 1.80. The molecular formula is C14H23N5O. The number of aromatic nitrogens is 2. The number of aryl methyl sites for hydroxylation is 2. The molecule has 1 N–H and O–H groups in total. The zero-order chi connectivity index (χ0) is 14.1. The molecular weight excluding hydrogens is 254 g/mol. The number of amides is 1. The van der Waals surface area contributed by atoms with Crippen LogP contribution in [0.5, 0.6) is 0 Å². The predicted octanol–water partition coefficient (Wildman–Crippen LogP) is -0.384. The maximum absolute atomic E-state index is 12.2. The van der Waals surface area contributed by atoms with E-state index in [0.29, 0.717) is 12.6 Å². The van der Waals surface area contributed by atoms with Crippen LogP contribution in [-0.2, 0) is 11.3 Å². The number of likely N-dealkylation sites (tertiary alicyclic amines) is 1. The molecule has 0 saturated carbocycles. The van der Waals surface area contributed by atoms with Crippen LogP contribution in [0.4, 0.5) is 0 Å². The van der Waals surface area contributed by atoms with E-state index in [1.165, 1.54) is 0 Å². The SMILES string of the molecule is Cc1cc(C)n(CC(=O)N2CC(N3CCNCC3)C2)n1. The minimum absolute atomic E-state index is 0.183. The topological polar surface area (TPSA) is 53.4 Å². The average molecular weight is 277 g/mol. The highest BCUT2D eigenvalue weighted by molar-refractivity contribution is 5.77. The Morgan fingerprint density at radius 1 is 1.35 bits per heavy atom. The number of carbonyl (C=O) groups is 1. The van der Waals surface area contributed by atoms with Crippen molar-refractivity contribution in [2.45, 2.75) is 26.4 Å². The molecule has 2 aliphatic heterocycles. The molecule has 0 unspecified atom stereocenters. The zero-order valence-electron chi connectivity index (χ0n) is 12.3. The fourth-order valence-electron chi connectivity index (χ4n) is 3.00. The molecule has 0 aliphatic carbocycles. The molecule has 2 fully saturated rings. The van der Waals surface area contributed by atoms with E-state index in [-0.39, 0.29) is 5.91 Å². The van der Waals surface area contributed by atoms with Crippen LogP contribution >= 0.6 is 0 Å². The molecule has 0 bridgehead atoms. The number of nitrogens with one attached hydrogen (secondary N) is 1. The molecule has 2 saturated heterocycles. The van der Waals surface area contributed by atoms with Crippen molar-refractivity contribution in [2.24, 2.45) is 0 Å². The van der Waals surface area contributed by atoms with Crippen molar-refractivity contribution < 1.29 is 4.79 Å². The molecule has 1 aromatic heterocycles. The van der Waals surface area contributed by atoms with Crippen LogP contribution < -0.4 is 5.32 Å². The standard InChI is InChI=1S/C14H23N5O/c1-11-7-12(2)19(16-11)10-14(20)18-8-13(9-18)17-5-3-15-4-6-17/h7,13,15H,3-6,8-10H2,1-2H3. The summed E-state index contributed by atoms with van der Waals surface area (Å²) in [5, 5.41) is 7.71. The lowest BCUT2D eigenvalue weighted by atomic mass is 10.1. The summed E-state index contributed by atoms with van der Waals surface area (Å²) in [5.74, 6) is 0.183. The second-order valence-corrected chi connectivity index (χ2v) is 5.82. The summed E-state index contributed by atoms with van der Waals surface area (Å²) in [4.78, 5) is 16.7. The Morgan fingerprint density at radius 2 is 2.05 bits per heavy atom. The lowest BCUT2D eigenvalue weighted by Crippen LogP contribution is -2.64. The highest BCUT2D eigenvalue weighted by Gasteiger charge is 2.35. The van der Waals surface area contributed by atoms with Crippen LogP contribution in [0, 0.1) is 13.8 Å². The van der Waals surface area contributed by atoms with Crippen LogP contribution in [0.15, 0.2) is 6.07 Å². The first kappa shape index (κ1) is 13.6. The third-order valence-corrected chi connectivity index (χ3v) is 4.27. The van der Waals surface area contributed by atoms with Gasteiger partial charge < -0.3 is 10.2 Å². The normalized spacial score (nSPS) is 21.0. The molecule has 110 valence electrons. The van der Waals surface area contributed by atoms with E-state index in [2.05, 4.69) is 15.3 Å². The van der Waals surface area contributed by atoms with E-state index in [1.54, 1.807) is 4.68 Å². The first-order valence-electron chi connectivity index (χ1n) is 7.37. The van der Waals surface area contributed by atoms with E-state index in [4.69, 9.17) is 0 Å². The second kappa shape index (κ2) is 5.54. The van der Waals surface area contributed by atoms with Gasteiger partial charge in [0.2, 0.25) is 5.91 Å². The molecule has 0 radical (unpaired) electrons. The lowest BCUT2D eigenvalue weighted by Gasteiger charge is -2.46. The number of rotatable bonds is 3. The number of carbonyl (C=O) groups excluding carboxylic acids is 1. The van der Waals surface area contributed by atoms with Crippen LogP contribution in [0.3, 0.4) is 0 Å². The maximum atomic E-state index is 12.2. The smallest absolute Gasteiger partial charge is 0.244 e. The molecule has 2 aliphatic rings. The Kier molecular flexibility index (Phi) is 3.76. The van der Waals surface area contributed by atoms with Crippen molar-refractivity contribution in [3.05, 3.63) is 17.5 Å². The fourth-order valence-corrected chi connectivity index (χ4v) is 3.00. The van der Waals surface area contributed by atoms with Crippen molar-refractivity contribution in [2.75, 3.05) is 39.3 Å². The number of hydrogen-bond acceptors (Lipinski definition) is 4. The molecule has 3 rings (SSSR count). The van der Waals surface area contributed by atoms with E-state index >= 15 is 0 Å². The van der Waals surface area contributed by atoms with Crippen molar-refractivity contribution in [1.29, 1.82) is 0 Å². The zero-order valence-corrected chi connectivity index (χ0v) is 12.3. The summed E-state index contributed by atoms with van der Waals surface area (Å²) in [6.07, 6.45) is 0. The van der Waals surface area contributed by atoms with Gasteiger partial charge in [-0.05, 0) is 19.9 Å². The van der Waals surface area contributed by atoms with Crippen molar-refractivity contribution in [3.8, 4) is 0 Å². The predicted molar refractivity (Wildman–Crippen MR) is 76.5 cm³/mol. The maximum Gasteiger partial charge on any atom is 0.244 e. The number of piperazine rings is 1. The first-order chi connectivity index (χ1) is 9.63. The minimum atomic E-state index is 0.183. The largest absolute Gasteiger partial charge is 0.338 e. The summed E-state index contributed by atoms with van der Waals surface area (Å²) in [7, 11) is 0. The molecule has 0 atom stereocenters. The highest BCUT2D eigenvalue weighted by atomic mass is 16.2. The Bertz CT molecular complexity index is 486. The van der Waals surface area contributed by atoms with Gasteiger partial charge in [-0.25, -0.2) is 0 Å². The molecule has 20 heavy (non-hydrogen) atoms. The van der Waals surface area contributed by atoms with Crippen molar-refractivity contribution in [1.82, 2.24) is 24.9 Å². The van der Waals surface area contributed by atoms with Gasteiger partial charge in [-0.15, -0.1) is 0 Å². The third kappa shape index (κ3) is 2.71. The molecule has 1 amide bonds. The Hall–Kier alpha value is -1.40. The van der Waals surface area contributed by atoms with Crippen molar-refractivity contribution >= 4 is 5.91 Å². The van der Waals surface area contributed by atoms with Gasteiger partial charge in [0.15, 0.2) is 0 Å². The Balaban J connectivity index is 1.49. The van der Waals surface area contributed by atoms with Gasteiger partial charge in [0.1, 0.15) is 6.54 Å². The minimum Gasteiger partial charge on any atom is -0.338 e. The number of nitrogens with zero attached hydrogens (tertiary/aromatic N) is 4. The summed E-state index contributed by atoms with van der Waals surface area (Å²) in [6, 6.07) is 2.56. The molecule has 1 aromatic rings. The van der Waals surface area contributed by atoms with Crippen LogP contribution in [0.25, 0.3) is 0 Å². The van der Waals surface area contributed by atoms with Crippen LogP contribution in [0.2, 0.25) is 0 Å². The first-order valence-corrected chi connectivity index (χ1v) is 7.37. The Labute approximate surface area is 119 Å². The summed E-state index contributed by atoms with van der Waals surface area (Å²) in [6.45, 7) is 10.4. The molecule has 0 aromatic carbocycles. The quantitative estimate of drug-likeness (QED) is 0.818. The van der Waals surface area contributed by atoms with Gasteiger partial charge in [-0.3, -0.25) is 14.4 Å². The van der Waals surface area contributed by atoms with E-state index in [1.807, 2.05) is 24.8 Å². The van der Waals surface area contributed by atoms with Gasteiger partial charge in [0.05, 0.1) is 5.69 Å². The van der Waals surface area contributed by atoms with E-state index in [0.717, 1.165) is 50.7 Å². The fraction of sp³-hybridized carbons (Fsp3) is 0.714. The average Bonchev–Trinajstić information content (AvgIpc) is 2.67. The Morgan fingerprint density at radius 3 is 2.65 bits per heavy atom. The molecule has 6 nitrogen and oxygen atoms in total. The number of hydrogen-bond donors (Lipinski definition) is 1. The van der Waals surface area contributed by atoms with Gasteiger partial charge in [0.25, 0.3) is 0 Å². The lowest BCUT2D eigenvalue weighted by molar-refractivity contribution is -0.139. The molecule has 6 heteroatoms. The van der Waals surface area contributed by atoms with Gasteiger partial charge in [-0.1, -0.05) is 0 Å². The van der Waals surface area contributed by atoms with Gasteiger partial charge >= 0.3 is 0 Å². The highest BCUT2D eigenvalue weighted by Crippen LogP contribution is 2.16.